The molecular formula is C25H28BNO5. The van der Waals surface area contributed by atoms with E-state index >= 15 is 0 Å². The second-order valence-electron chi connectivity index (χ2n) is 10.6. The molecule has 2 amide bonds. The van der Waals surface area contributed by atoms with Gasteiger partial charge in [-0.3, -0.25) is 14.5 Å². The molecule has 2 aromatic rings. The van der Waals surface area contributed by atoms with Gasteiger partial charge in [0.2, 0.25) is 0 Å². The average molecular weight is 433 g/mol. The molecule has 0 spiro atoms. The Hall–Kier alpha value is -2.48. The predicted molar refractivity (Wildman–Crippen MR) is 121 cm³/mol. The van der Waals surface area contributed by atoms with Crippen LogP contribution in [0.1, 0.15) is 73.7 Å². The molecule has 5 rings (SSSR count). The van der Waals surface area contributed by atoms with Gasteiger partial charge in [0.1, 0.15) is 0 Å². The molecule has 3 aliphatic rings. The second-order valence-corrected chi connectivity index (χ2v) is 10.6. The molecule has 1 N–H and O–H groups in total. The highest BCUT2D eigenvalue weighted by atomic mass is 16.7. The van der Waals surface area contributed by atoms with Crippen molar-refractivity contribution in [3.8, 4) is 0 Å². The Morgan fingerprint density at radius 2 is 1.28 bits per heavy atom. The minimum atomic E-state index is -0.945. The largest absolute Gasteiger partial charge is 0.494 e. The Balaban J connectivity index is 1.49. The summed E-state index contributed by atoms with van der Waals surface area (Å²) in [6, 6.07) is 14.6. The lowest BCUT2D eigenvalue weighted by atomic mass is 9.61. The number of carbonyl (C=O) groups excluding carboxylic acids is 2. The van der Waals surface area contributed by atoms with Gasteiger partial charge in [-0.2, -0.15) is 0 Å². The minimum Gasteiger partial charge on any atom is -0.399 e. The quantitative estimate of drug-likeness (QED) is 0.595. The highest BCUT2D eigenvalue weighted by Crippen LogP contribution is 2.54. The van der Waals surface area contributed by atoms with Crippen LogP contribution in [0, 0.1) is 0 Å². The number of fused-ring (bicyclic) bond motifs is 1. The van der Waals surface area contributed by atoms with Crippen LogP contribution in [0.3, 0.4) is 0 Å². The molecule has 0 atom stereocenters. The summed E-state index contributed by atoms with van der Waals surface area (Å²) in [5.74, 6) is -0.618. The Bertz CT molecular complexity index is 1060. The molecule has 0 radical (unpaired) electrons. The first-order chi connectivity index (χ1) is 14.9. The number of amides is 2. The third-order valence-electron chi connectivity index (χ3n) is 7.54. The van der Waals surface area contributed by atoms with E-state index in [2.05, 4.69) is 0 Å². The van der Waals surface area contributed by atoms with Crippen LogP contribution in [0.2, 0.25) is 0 Å². The molecule has 0 aromatic heterocycles. The van der Waals surface area contributed by atoms with Crippen LogP contribution in [0.4, 0.5) is 0 Å². The van der Waals surface area contributed by atoms with Crippen molar-refractivity contribution in [2.45, 2.75) is 69.8 Å². The van der Waals surface area contributed by atoms with E-state index in [0.29, 0.717) is 24.0 Å². The van der Waals surface area contributed by atoms with Gasteiger partial charge in [-0.1, -0.05) is 36.4 Å². The lowest BCUT2D eigenvalue weighted by molar-refractivity contribution is -0.118. The van der Waals surface area contributed by atoms with Gasteiger partial charge < -0.3 is 14.4 Å². The van der Waals surface area contributed by atoms with Crippen LogP contribution in [0.5, 0.6) is 0 Å². The lowest BCUT2D eigenvalue weighted by Gasteiger charge is -2.55. The standard InChI is InChI=1S/C25H28BNO5/c1-22(2)23(3,4)32-26(31-22)17-12-10-16(11-13-17)25(14-24(5,30)15-25)27-20(28)18-8-6-7-9-19(18)21(27)29/h6-13,30H,14-15H2,1-5H3/t24-,25-. The highest BCUT2D eigenvalue weighted by Gasteiger charge is 2.61. The van der Waals surface area contributed by atoms with Crippen molar-refractivity contribution in [3.63, 3.8) is 0 Å². The zero-order chi connectivity index (χ0) is 23.1. The van der Waals surface area contributed by atoms with Gasteiger partial charge in [-0.15, -0.1) is 0 Å². The van der Waals surface area contributed by atoms with E-state index in [1.165, 1.54) is 4.90 Å². The van der Waals surface area contributed by atoms with E-state index in [0.717, 1.165) is 11.0 Å². The first-order valence-electron chi connectivity index (χ1n) is 11.0. The number of hydrogen-bond donors (Lipinski definition) is 1. The molecule has 7 heteroatoms. The van der Waals surface area contributed by atoms with E-state index in [9.17, 15) is 14.7 Å². The fraction of sp³-hybridized carbons (Fsp3) is 0.440. The van der Waals surface area contributed by atoms with Crippen molar-refractivity contribution in [2.75, 3.05) is 0 Å². The van der Waals surface area contributed by atoms with Gasteiger partial charge in [-0.05, 0) is 57.8 Å². The smallest absolute Gasteiger partial charge is 0.399 e. The molecule has 2 fully saturated rings. The van der Waals surface area contributed by atoms with Crippen LogP contribution < -0.4 is 5.46 Å². The van der Waals surface area contributed by atoms with Crippen LogP contribution in [0.25, 0.3) is 0 Å². The number of rotatable bonds is 3. The summed E-state index contributed by atoms with van der Waals surface area (Å²) in [5, 5.41) is 10.6. The number of imide groups is 1. The third kappa shape index (κ3) is 2.91. The summed E-state index contributed by atoms with van der Waals surface area (Å²) < 4.78 is 12.3. The van der Waals surface area contributed by atoms with Crippen LogP contribution >= 0.6 is 0 Å². The molecule has 166 valence electrons. The van der Waals surface area contributed by atoms with Gasteiger partial charge >= 0.3 is 7.12 Å². The van der Waals surface area contributed by atoms with Gasteiger partial charge in [0.25, 0.3) is 11.8 Å². The third-order valence-corrected chi connectivity index (χ3v) is 7.54. The van der Waals surface area contributed by atoms with E-state index in [-0.39, 0.29) is 11.8 Å². The summed E-state index contributed by atoms with van der Waals surface area (Å²) >= 11 is 0. The average Bonchev–Trinajstić information content (AvgIpc) is 3.09. The van der Waals surface area contributed by atoms with Crippen molar-refractivity contribution in [1.82, 2.24) is 4.90 Å². The Labute approximate surface area is 188 Å². The fourth-order valence-electron chi connectivity index (χ4n) is 5.21. The number of aliphatic hydroxyl groups is 1. The Kier molecular flexibility index (Phi) is 4.36. The SMILES string of the molecule is CC1(C)OB(c2ccc([C@]3(N4C(=O)c5ccccc5C4=O)C[C@](C)(O)C3)cc2)OC1(C)C. The molecule has 0 bridgehead atoms. The predicted octanol–water partition coefficient (Wildman–Crippen LogP) is 3.02. The van der Waals surface area contributed by atoms with Crippen molar-refractivity contribution in [2.24, 2.45) is 0 Å². The maximum absolute atomic E-state index is 13.2. The fourth-order valence-corrected chi connectivity index (χ4v) is 5.21. The molecular weight excluding hydrogens is 405 g/mol. The molecule has 2 aliphatic heterocycles. The summed E-state index contributed by atoms with van der Waals surface area (Å²) in [5.41, 5.74) is -0.191. The normalized spacial score (nSPS) is 30.4. The lowest BCUT2D eigenvalue weighted by Crippen LogP contribution is -2.63. The molecule has 2 heterocycles. The summed E-state index contributed by atoms with van der Waals surface area (Å²) in [7, 11) is -0.492. The summed E-state index contributed by atoms with van der Waals surface area (Å²) in [6.07, 6.45) is 0.586. The molecule has 6 nitrogen and oxygen atoms in total. The molecule has 1 aliphatic carbocycles. The molecule has 1 saturated carbocycles. The van der Waals surface area contributed by atoms with Crippen LogP contribution in [0.15, 0.2) is 48.5 Å². The minimum absolute atomic E-state index is 0.293. The maximum atomic E-state index is 13.2. The topological polar surface area (TPSA) is 76.1 Å². The first-order valence-corrected chi connectivity index (χ1v) is 11.0. The zero-order valence-corrected chi connectivity index (χ0v) is 19.1. The number of carbonyl (C=O) groups is 2. The van der Waals surface area contributed by atoms with Crippen LogP contribution in [-0.2, 0) is 14.8 Å². The van der Waals surface area contributed by atoms with Crippen molar-refractivity contribution in [1.29, 1.82) is 0 Å². The Morgan fingerprint density at radius 1 is 0.812 bits per heavy atom. The zero-order valence-electron chi connectivity index (χ0n) is 19.1. The highest BCUT2D eigenvalue weighted by molar-refractivity contribution is 6.62. The van der Waals surface area contributed by atoms with Crippen LogP contribution in [-0.4, -0.2) is 45.7 Å². The second kappa shape index (κ2) is 6.53. The van der Waals surface area contributed by atoms with Crippen molar-refractivity contribution >= 4 is 24.4 Å². The van der Waals surface area contributed by atoms with Gasteiger partial charge in [0, 0.05) is 12.8 Å². The van der Waals surface area contributed by atoms with Crippen molar-refractivity contribution in [3.05, 3.63) is 65.2 Å². The number of nitrogens with zero attached hydrogens (tertiary/aromatic N) is 1. The number of hydrogen-bond acceptors (Lipinski definition) is 5. The van der Waals surface area contributed by atoms with E-state index in [1.54, 1.807) is 31.2 Å². The molecule has 32 heavy (non-hydrogen) atoms. The van der Waals surface area contributed by atoms with E-state index in [4.69, 9.17) is 9.31 Å². The maximum Gasteiger partial charge on any atom is 0.494 e. The molecule has 0 unspecified atom stereocenters. The summed E-state index contributed by atoms with van der Waals surface area (Å²) in [6.45, 7) is 9.77. The Morgan fingerprint density at radius 3 is 1.72 bits per heavy atom. The first kappa shape index (κ1) is 21.4. The number of benzene rings is 2. The van der Waals surface area contributed by atoms with E-state index < -0.39 is 29.5 Å². The van der Waals surface area contributed by atoms with E-state index in [1.807, 2.05) is 52.0 Å². The van der Waals surface area contributed by atoms with Gasteiger partial charge in [0.15, 0.2) is 0 Å². The molecule has 2 aromatic carbocycles. The summed E-state index contributed by atoms with van der Waals surface area (Å²) in [4.78, 5) is 27.8. The van der Waals surface area contributed by atoms with Gasteiger partial charge in [0.05, 0.1) is 33.5 Å². The van der Waals surface area contributed by atoms with Crippen molar-refractivity contribution < 1.29 is 24.0 Å². The molecule has 1 saturated heterocycles. The monoisotopic (exact) mass is 433 g/mol. The van der Waals surface area contributed by atoms with Gasteiger partial charge in [-0.25, -0.2) is 0 Å².